The van der Waals surface area contributed by atoms with Gasteiger partial charge < -0.3 is 9.47 Å². The van der Waals surface area contributed by atoms with Crippen LogP contribution in [0, 0.1) is 10.8 Å². The number of ether oxygens (including phenoxy) is 2. The molecule has 3 fully saturated rings. The van der Waals surface area contributed by atoms with Crippen molar-refractivity contribution < 1.29 is 14.3 Å². The van der Waals surface area contributed by atoms with Crippen LogP contribution in [0.3, 0.4) is 0 Å². The van der Waals surface area contributed by atoms with Gasteiger partial charge in [-0.25, -0.2) is 0 Å². The molecule has 0 bridgehead atoms. The van der Waals surface area contributed by atoms with E-state index in [1.165, 1.54) is 0 Å². The molecule has 1 aliphatic heterocycles. The predicted octanol–water partition coefficient (Wildman–Crippen LogP) is 2.29. The van der Waals surface area contributed by atoms with Gasteiger partial charge in [0.05, 0.1) is 13.2 Å². The summed E-state index contributed by atoms with van der Waals surface area (Å²) in [6.07, 6.45) is 4.57. The van der Waals surface area contributed by atoms with E-state index < -0.39 is 5.79 Å². The number of Topliss-reactive ketones (excluding diaryl/α,β-unsaturated/α-hetero) is 1. The molecule has 0 aromatic rings. The van der Waals surface area contributed by atoms with Crippen LogP contribution in [0.2, 0.25) is 0 Å². The molecule has 0 aromatic carbocycles. The van der Waals surface area contributed by atoms with Crippen molar-refractivity contribution in [3.8, 4) is 0 Å². The summed E-state index contributed by atoms with van der Waals surface area (Å²) in [6.45, 7) is 5.68. The standard InChI is InChI=1S/C13H20O3/c1-11-6-7-13(15-8-9-16-13)12(11,2)5-3-4-10(11)14/h3-9H2,1-2H3/t11-,12?/m0/s1. The Morgan fingerprint density at radius 3 is 2.44 bits per heavy atom. The molecule has 0 amide bonds. The van der Waals surface area contributed by atoms with Crippen molar-refractivity contribution in [2.24, 2.45) is 10.8 Å². The third-order valence-electron chi connectivity index (χ3n) is 5.46. The molecular formula is C13H20O3. The van der Waals surface area contributed by atoms with Gasteiger partial charge in [-0.2, -0.15) is 0 Å². The van der Waals surface area contributed by atoms with E-state index in [9.17, 15) is 4.79 Å². The largest absolute Gasteiger partial charge is 0.347 e. The maximum atomic E-state index is 12.2. The second-order valence-electron chi connectivity index (χ2n) is 5.89. The van der Waals surface area contributed by atoms with Gasteiger partial charge in [-0.15, -0.1) is 0 Å². The molecule has 2 atom stereocenters. The van der Waals surface area contributed by atoms with Crippen LogP contribution in [-0.4, -0.2) is 24.8 Å². The van der Waals surface area contributed by atoms with E-state index >= 15 is 0 Å². The summed E-state index contributed by atoms with van der Waals surface area (Å²) >= 11 is 0. The normalized spacial score (nSPS) is 46.2. The Morgan fingerprint density at radius 1 is 1.06 bits per heavy atom. The van der Waals surface area contributed by atoms with Gasteiger partial charge in [-0.1, -0.05) is 13.8 Å². The van der Waals surface area contributed by atoms with Crippen molar-refractivity contribution in [2.45, 2.75) is 51.7 Å². The first-order valence-corrected chi connectivity index (χ1v) is 6.35. The maximum Gasteiger partial charge on any atom is 0.174 e. The summed E-state index contributed by atoms with van der Waals surface area (Å²) < 4.78 is 11.8. The molecule has 0 aromatic heterocycles. The number of ketones is 1. The third-order valence-corrected chi connectivity index (χ3v) is 5.46. The molecule has 3 nitrogen and oxygen atoms in total. The van der Waals surface area contributed by atoms with Crippen LogP contribution in [0.15, 0.2) is 0 Å². The van der Waals surface area contributed by atoms with Crippen LogP contribution >= 0.6 is 0 Å². The molecule has 2 aliphatic carbocycles. The van der Waals surface area contributed by atoms with Gasteiger partial charge in [0.25, 0.3) is 0 Å². The Morgan fingerprint density at radius 2 is 1.75 bits per heavy atom. The van der Waals surface area contributed by atoms with E-state index in [4.69, 9.17) is 9.47 Å². The van der Waals surface area contributed by atoms with E-state index in [1.807, 2.05) is 0 Å². The fourth-order valence-corrected chi connectivity index (χ4v) is 4.10. The molecule has 1 saturated heterocycles. The molecule has 3 rings (SSSR count). The number of carbonyl (C=O) groups is 1. The fraction of sp³-hybridized carbons (Fsp3) is 0.923. The van der Waals surface area contributed by atoms with E-state index in [2.05, 4.69) is 13.8 Å². The summed E-state index contributed by atoms with van der Waals surface area (Å²) in [5, 5.41) is 0. The number of carbonyl (C=O) groups excluding carboxylic acids is 1. The minimum Gasteiger partial charge on any atom is -0.347 e. The number of hydrogen-bond acceptors (Lipinski definition) is 3. The van der Waals surface area contributed by atoms with E-state index in [0.29, 0.717) is 19.0 Å². The van der Waals surface area contributed by atoms with E-state index in [0.717, 1.165) is 32.1 Å². The highest BCUT2D eigenvalue weighted by Crippen LogP contribution is 2.65. The number of fused-ring (bicyclic) bond motifs is 2. The summed E-state index contributed by atoms with van der Waals surface area (Å²) in [6, 6.07) is 0. The lowest BCUT2D eigenvalue weighted by molar-refractivity contribution is -0.240. The maximum absolute atomic E-state index is 12.2. The SMILES string of the molecule is CC12CCCC(=O)[C@]1(C)CCC21OCCO1. The van der Waals surface area contributed by atoms with Gasteiger partial charge in [0.15, 0.2) is 5.79 Å². The monoisotopic (exact) mass is 224 g/mol. The fourth-order valence-electron chi connectivity index (χ4n) is 4.10. The van der Waals surface area contributed by atoms with Crippen molar-refractivity contribution in [1.29, 1.82) is 0 Å². The predicted molar refractivity (Wildman–Crippen MR) is 58.9 cm³/mol. The summed E-state index contributed by atoms with van der Waals surface area (Å²) in [7, 11) is 0. The zero-order valence-corrected chi connectivity index (χ0v) is 10.2. The number of hydrogen-bond donors (Lipinski definition) is 0. The van der Waals surface area contributed by atoms with Gasteiger partial charge in [0.1, 0.15) is 5.78 Å². The smallest absolute Gasteiger partial charge is 0.174 e. The quantitative estimate of drug-likeness (QED) is 0.633. The molecule has 1 heterocycles. The molecule has 16 heavy (non-hydrogen) atoms. The first kappa shape index (κ1) is 10.7. The molecule has 2 saturated carbocycles. The van der Waals surface area contributed by atoms with Crippen molar-refractivity contribution >= 4 is 5.78 Å². The van der Waals surface area contributed by atoms with Crippen molar-refractivity contribution in [3.05, 3.63) is 0 Å². The highest BCUT2D eigenvalue weighted by Gasteiger charge is 2.69. The third kappa shape index (κ3) is 0.992. The Bertz CT molecular complexity index is 332. The topological polar surface area (TPSA) is 35.5 Å². The second-order valence-corrected chi connectivity index (χ2v) is 5.89. The number of rotatable bonds is 0. The Kier molecular flexibility index (Phi) is 2.06. The first-order valence-electron chi connectivity index (χ1n) is 6.35. The van der Waals surface area contributed by atoms with Crippen LogP contribution in [-0.2, 0) is 14.3 Å². The summed E-state index contributed by atoms with van der Waals surface area (Å²) in [4.78, 5) is 12.2. The highest BCUT2D eigenvalue weighted by molar-refractivity contribution is 5.86. The first-order chi connectivity index (χ1) is 7.54. The Hall–Kier alpha value is -0.410. The highest BCUT2D eigenvalue weighted by atomic mass is 16.7. The average Bonchev–Trinajstić information content (AvgIpc) is 2.81. The Balaban J connectivity index is 2.06. The van der Waals surface area contributed by atoms with Gasteiger partial charge in [-0.05, 0) is 19.3 Å². The minimum absolute atomic E-state index is 0.119. The lowest BCUT2D eigenvalue weighted by Crippen LogP contribution is -2.54. The molecule has 0 N–H and O–H groups in total. The zero-order chi connectivity index (χ0) is 11.4. The van der Waals surface area contributed by atoms with E-state index in [1.54, 1.807) is 0 Å². The van der Waals surface area contributed by atoms with Gasteiger partial charge in [0.2, 0.25) is 0 Å². The lowest BCUT2D eigenvalue weighted by atomic mass is 9.57. The van der Waals surface area contributed by atoms with Crippen molar-refractivity contribution in [3.63, 3.8) is 0 Å². The van der Waals surface area contributed by atoms with Gasteiger partial charge in [0, 0.05) is 23.7 Å². The van der Waals surface area contributed by atoms with Crippen LogP contribution in [0.4, 0.5) is 0 Å². The zero-order valence-electron chi connectivity index (χ0n) is 10.2. The average molecular weight is 224 g/mol. The van der Waals surface area contributed by atoms with Crippen LogP contribution in [0.1, 0.15) is 46.0 Å². The molecule has 1 spiro atoms. The molecule has 1 unspecified atom stereocenters. The second kappa shape index (κ2) is 3.08. The lowest BCUT2D eigenvalue weighted by Gasteiger charge is -2.49. The summed E-state index contributed by atoms with van der Waals surface area (Å²) in [5.74, 6) is -0.0464. The molecular weight excluding hydrogens is 204 g/mol. The van der Waals surface area contributed by atoms with Crippen LogP contribution in [0.5, 0.6) is 0 Å². The van der Waals surface area contributed by atoms with Gasteiger partial charge >= 0.3 is 0 Å². The van der Waals surface area contributed by atoms with Gasteiger partial charge in [-0.3, -0.25) is 4.79 Å². The molecule has 0 radical (unpaired) electrons. The van der Waals surface area contributed by atoms with Crippen LogP contribution < -0.4 is 0 Å². The molecule has 90 valence electrons. The van der Waals surface area contributed by atoms with E-state index in [-0.39, 0.29) is 10.8 Å². The summed E-state index contributed by atoms with van der Waals surface area (Å²) in [5.41, 5.74) is -0.346. The van der Waals surface area contributed by atoms with Crippen molar-refractivity contribution in [2.75, 3.05) is 13.2 Å². The molecule has 3 heteroatoms. The Labute approximate surface area is 96.5 Å². The van der Waals surface area contributed by atoms with Crippen molar-refractivity contribution in [1.82, 2.24) is 0 Å². The van der Waals surface area contributed by atoms with Crippen LogP contribution in [0.25, 0.3) is 0 Å². The minimum atomic E-state index is -0.460. The molecule has 3 aliphatic rings.